The number of hydrogen-bond donors (Lipinski definition) is 1. The second kappa shape index (κ2) is 8.56. The maximum Gasteiger partial charge on any atom is 0.226 e. The van der Waals surface area contributed by atoms with Gasteiger partial charge in [-0.15, -0.1) is 0 Å². The number of carbonyl (C=O) groups is 2. The molecule has 0 spiro atoms. The summed E-state index contributed by atoms with van der Waals surface area (Å²) < 4.78 is 19.8. The second-order valence-corrected chi connectivity index (χ2v) is 7.19. The van der Waals surface area contributed by atoms with Crippen LogP contribution in [0.25, 0.3) is 6.08 Å². The zero-order valence-corrected chi connectivity index (χ0v) is 17.1. The standard InChI is InChI=1S/C21H20BrFN2O3/c1-3-28-21-17(22)10-15(23)11-18(21)24-20(27)12-19-16-7-5-4-6-14(16)8-9-25(19)13(2)26/h4-11,19H,3,12H2,1-2H3,(H,24,27)/t19-/m0/s1. The van der Waals surface area contributed by atoms with Crippen molar-refractivity contribution in [3.05, 3.63) is 64.0 Å². The highest BCUT2D eigenvalue weighted by Gasteiger charge is 2.28. The third-order valence-corrected chi connectivity index (χ3v) is 5.01. The Hall–Kier alpha value is -2.67. The molecule has 2 aromatic carbocycles. The lowest BCUT2D eigenvalue weighted by Gasteiger charge is -2.32. The van der Waals surface area contributed by atoms with E-state index in [0.717, 1.165) is 11.1 Å². The molecule has 3 rings (SSSR count). The van der Waals surface area contributed by atoms with Gasteiger partial charge >= 0.3 is 0 Å². The molecule has 1 aliphatic heterocycles. The predicted molar refractivity (Wildman–Crippen MR) is 109 cm³/mol. The van der Waals surface area contributed by atoms with Gasteiger partial charge in [0.15, 0.2) is 5.75 Å². The lowest BCUT2D eigenvalue weighted by Crippen LogP contribution is -2.33. The molecule has 28 heavy (non-hydrogen) atoms. The molecule has 1 atom stereocenters. The van der Waals surface area contributed by atoms with Crippen LogP contribution in [-0.2, 0) is 9.59 Å². The van der Waals surface area contributed by atoms with E-state index >= 15 is 0 Å². The maximum absolute atomic E-state index is 13.8. The van der Waals surface area contributed by atoms with Crippen molar-refractivity contribution in [2.45, 2.75) is 26.3 Å². The average molecular weight is 447 g/mol. The van der Waals surface area contributed by atoms with Gasteiger partial charge in [0.2, 0.25) is 11.8 Å². The summed E-state index contributed by atoms with van der Waals surface area (Å²) in [5, 5.41) is 2.72. The molecule has 5 nitrogen and oxygen atoms in total. The Bertz CT molecular complexity index is 945. The number of halogens is 2. The minimum atomic E-state index is -0.498. The first-order chi connectivity index (χ1) is 13.4. The molecule has 0 aliphatic carbocycles. The molecule has 0 aromatic heterocycles. The minimum Gasteiger partial charge on any atom is -0.491 e. The normalized spacial score (nSPS) is 15.1. The van der Waals surface area contributed by atoms with Crippen LogP contribution in [0.5, 0.6) is 5.75 Å². The third-order valence-electron chi connectivity index (χ3n) is 4.42. The summed E-state index contributed by atoms with van der Waals surface area (Å²) in [5.41, 5.74) is 2.09. The van der Waals surface area contributed by atoms with E-state index in [2.05, 4.69) is 21.2 Å². The summed E-state index contributed by atoms with van der Waals surface area (Å²) in [6.07, 6.45) is 3.57. The van der Waals surface area contributed by atoms with Crippen LogP contribution in [-0.4, -0.2) is 23.3 Å². The number of nitrogens with one attached hydrogen (secondary N) is 1. The number of anilines is 1. The van der Waals surface area contributed by atoms with Crippen LogP contribution in [0.4, 0.5) is 10.1 Å². The van der Waals surface area contributed by atoms with Gasteiger partial charge in [0.1, 0.15) is 5.82 Å². The summed E-state index contributed by atoms with van der Waals surface area (Å²) in [5.74, 6) is -0.640. The average Bonchev–Trinajstić information content (AvgIpc) is 2.64. The molecule has 2 aromatic rings. The molecule has 0 unspecified atom stereocenters. The van der Waals surface area contributed by atoms with Crippen LogP contribution < -0.4 is 10.1 Å². The fourth-order valence-corrected chi connectivity index (χ4v) is 3.78. The van der Waals surface area contributed by atoms with E-state index in [-0.39, 0.29) is 23.9 Å². The number of carbonyl (C=O) groups excluding carboxylic acids is 2. The lowest BCUT2D eigenvalue weighted by molar-refractivity contribution is -0.129. The van der Waals surface area contributed by atoms with Crippen LogP contribution in [0.3, 0.4) is 0 Å². The van der Waals surface area contributed by atoms with Crippen molar-refractivity contribution in [2.75, 3.05) is 11.9 Å². The summed E-state index contributed by atoms with van der Waals surface area (Å²) in [6.45, 7) is 3.63. The van der Waals surface area contributed by atoms with E-state index in [1.807, 2.05) is 30.3 Å². The molecule has 0 saturated heterocycles. The molecule has 146 valence electrons. The van der Waals surface area contributed by atoms with Crippen molar-refractivity contribution in [3.63, 3.8) is 0 Å². The molecule has 1 aliphatic rings. The number of hydrogen-bond acceptors (Lipinski definition) is 3. The first kappa shape index (κ1) is 20.1. The Labute approximate surface area is 171 Å². The fraction of sp³-hybridized carbons (Fsp3) is 0.238. The lowest BCUT2D eigenvalue weighted by atomic mass is 9.93. The number of benzene rings is 2. The van der Waals surface area contributed by atoms with E-state index in [0.29, 0.717) is 16.8 Å². The first-order valence-corrected chi connectivity index (χ1v) is 9.67. The van der Waals surface area contributed by atoms with E-state index in [1.165, 1.54) is 24.0 Å². The molecule has 0 saturated carbocycles. The molecule has 2 amide bonds. The minimum absolute atomic E-state index is 0.0284. The quantitative estimate of drug-likeness (QED) is 0.710. The van der Waals surface area contributed by atoms with E-state index in [1.54, 1.807) is 13.1 Å². The second-order valence-electron chi connectivity index (χ2n) is 6.34. The fourth-order valence-electron chi connectivity index (χ4n) is 3.23. The van der Waals surface area contributed by atoms with Crippen molar-refractivity contribution in [3.8, 4) is 5.75 Å². The molecule has 7 heteroatoms. The van der Waals surface area contributed by atoms with Crippen LogP contribution in [0.1, 0.15) is 37.4 Å². The molecule has 0 bridgehead atoms. The summed E-state index contributed by atoms with van der Waals surface area (Å²) >= 11 is 3.26. The Balaban J connectivity index is 1.86. The Morgan fingerprint density at radius 2 is 2.04 bits per heavy atom. The van der Waals surface area contributed by atoms with Crippen molar-refractivity contribution < 1.29 is 18.7 Å². The Kier molecular flexibility index (Phi) is 6.14. The zero-order valence-electron chi connectivity index (χ0n) is 15.5. The highest BCUT2D eigenvalue weighted by atomic mass is 79.9. The Morgan fingerprint density at radius 1 is 1.29 bits per heavy atom. The van der Waals surface area contributed by atoms with Gasteiger partial charge in [0.05, 0.1) is 29.2 Å². The Morgan fingerprint density at radius 3 is 2.75 bits per heavy atom. The van der Waals surface area contributed by atoms with Crippen LogP contribution in [0, 0.1) is 5.82 Å². The predicted octanol–water partition coefficient (Wildman–Crippen LogP) is 4.89. The van der Waals surface area contributed by atoms with Gasteiger partial charge in [0, 0.05) is 19.2 Å². The highest BCUT2D eigenvalue weighted by Crippen LogP contribution is 2.36. The number of nitrogens with zero attached hydrogens (tertiary/aromatic N) is 1. The van der Waals surface area contributed by atoms with Crippen molar-refractivity contribution in [1.82, 2.24) is 4.90 Å². The van der Waals surface area contributed by atoms with Crippen molar-refractivity contribution in [2.24, 2.45) is 0 Å². The number of ether oxygens (including phenoxy) is 1. The largest absolute Gasteiger partial charge is 0.491 e. The summed E-state index contributed by atoms with van der Waals surface area (Å²) in [4.78, 5) is 26.4. The SMILES string of the molecule is CCOc1c(Br)cc(F)cc1NC(=O)C[C@H]1c2ccccc2C=CN1C(C)=O. The zero-order chi connectivity index (χ0) is 20.3. The first-order valence-electron chi connectivity index (χ1n) is 8.88. The molecule has 1 heterocycles. The van der Waals surface area contributed by atoms with Crippen LogP contribution in [0.2, 0.25) is 0 Å². The molecule has 0 radical (unpaired) electrons. The highest BCUT2D eigenvalue weighted by molar-refractivity contribution is 9.10. The van der Waals surface area contributed by atoms with Gasteiger partial charge in [-0.05, 0) is 46.1 Å². The molecular formula is C21H20BrFN2O3. The molecule has 1 N–H and O–H groups in total. The summed E-state index contributed by atoms with van der Waals surface area (Å²) in [6, 6.07) is 9.67. The number of rotatable bonds is 5. The van der Waals surface area contributed by atoms with Gasteiger partial charge < -0.3 is 15.0 Å². The maximum atomic E-state index is 13.8. The van der Waals surface area contributed by atoms with E-state index in [4.69, 9.17) is 4.74 Å². The van der Waals surface area contributed by atoms with Gasteiger partial charge in [-0.1, -0.05) is 24.3 Å². The van der Waals surface area contributed by atoms with E-state index in [9.17, 15) is 14.0 Å². The van der Waals surface area contributed by atoms with Gasteiger partial charge in [-0.2, -0.15) is 0 Å². The van der Waals surface area contributed by atoms with Crippen molar-refractivity contribution in [1.29, 1.82) is 0 Å². The van der Waals surface area contributed by atoms with Crippen LogP contribution in [0.15, 0.2) is 47.1 Å². The molecular weight excluding hydrogens is 427 g/mol. The third kappa shape index (κ3) is 4.25. The van der Waals surface area contributed by atoms with Gasteiger partial charge in [-0.3, -0.25) is 9.59 Å². The smallest absolute Gasteiger partial charge is 0.226 e. The van der Waals surface area contributed by atoms with Gasteiger partial charge in [0.25, 0.3) is 0 Å². The number of fused-ring (bicyclic) bond motifs is 1. The van der Waals surface area contributed by atoms with Crippen molar-refractivity contribution >= 4 is 39.5 Å². The number of amides is 2. The monoisotopic (exact) mass is 446 g/mol. The van der Waals surface area contributed by atoms with E-state index < -0.39 is 11.9 Å². The topological polar surface area (TPSA) is 58.6 Å². The molecule has 0 fully saturated rings. The summed E-state index contributed by atoms with van der Waals surface area (Å²) in [7, 11) is 0. The van der Waals surface area contributed by atoms with Crippen LogP contribution >= 0.6 is 15.9 Å². The van der Waals surface area contributed by atoms with Gasteiger partial charge in [-0.25, -0.2) is 4.39 Å².